The lowest BCUT2D eigenvalue weighted by molar-refractivity contribution is -0.138. The molecule has 1 heterocycles. The van der Waals surface area contributed by atoms with Crippen LogP contribution in [0.15, 0.2) is 23.1 Å². The number of nitrogens with two attached hydrogens (primary N) is 1. The Kier molecular flexibility index (Phi) is 8.60. The summed E-state index contributed by atoms with van der Waals surface area (Å²) in [7, 11) is 0. The minimum Gasteiger partial charge on any atom is -0.480 e. The summed E-state index contributed by atoms with van der Waals surface area (Å²) in [6.07, 6.45) is 8.05. The van der Waals surface area contributed by atoms with E-state index in [0.29, 0.717) is 26.1 Å². The molecule has 1 unspecified atom stereocenters. The van der Waals surface area contributed by atoms with E-state index in [-0.39, 0.29) is 6.29 Å². The predicted octanol–water partition coefficient (Wildman–Crippen LogP) is 2.13. The molecule has 20 heavy (non-hydrogen) atoms. The Bertz CT molecular complexity index is 351. The van der Waals surface area contributed by atoms with Gasteiger partial charge in [0.05, 0.1) is 13.2 Å². The highest BCUT2D eigenvalue weighted by atomic mass is 32.2. The zero-order valence-corrected chi connectivity index (χ0v) is 12.6. The molecule has 6 heteroatoms. The molecule has 0 aromatic heterocycles. The van der Waals surface area contributed by atoms with E-state index in [0.717, 1.165) is 17.1 Å². The van der Waals surface area contributed by atoms with E-state index in [9.17, 15) is 4.79 Å². The Hall–Kier alpha value is -0.820. The highest BCUT2D eigenvalue weighted by Crippen LogP contribution is 2.22. The first-order chi connectivity index (χ1) is 9.63. The summed E-state index contributed by atoms with van der Waals surface area (Å²) in [6, 6.07) is -0.786. The monoisotopic (exact) mass is 301 g/mol. The van der Waals surface area contributed by atoms with Crippen LogP contribution in [-0.2, 0) is 14.3 Å². The van der Waals surface area contributed by atoms with Gasteiger partial charge in [0.25, 0.3) is 0 Å². The first-order valence-electron chi connectivity index (χ1n) is 6.84. The predicted molar refractivity (Wildman–Crippen MR) is 80.5 cm³/mol. The minimum absolute atomic E-state index is 0.117. The van der Waals surface area contributed by atoms with E-state index in [1.165, 1.54) is 0 Å². The van der Waals surface area contributed by atoms with Gasteiger partial charge in [0.15, 0.2) is 6.29 Å². The molecule has 114 valence electrons. The molecule has 1 saturated heterocycles. The quantitative estimate of drug-likeness (QED) is 0.635. The van der Waals surface area contributed by atoms with Crippen molar-refractivity contribution in [3.8, 4) is 0 Å². The molecule has 0 aromatic rings. The standard InChI is InChI=1S/C14H23NO4S/c1-2-5-11(20-10-13-18-8-9-19-13)6-3-4-7-12(15)14(16)17/h3,5-6,12-13H,2,4,7-10,15H2,1H3,(H,16,17)/b6-3-,11-5+. The number of allylic oxidation sites excluding steroid dienone is 3. The summed E-state index contributed by atoms with van der Waals surface area (Å²) in [5.41, 5.74) is 5.45. The van der Waals surface area contributed by atoms with E-state index in [4.69, 9.17) is 20.3 Å². The minimum atomic E-state index is -0.951. The van der Waals surface area contributed by atoms with Crippen LogP contribution in [-0.4, -0.2) is 42.4 Å². The Morgan fingerprint density at radius 1 is 1.50 bits per heavy atom. The number of aliphatic carboxylic acids is 1. The lowest BCUT2D eigenvalue weighted by Crippen LogP contribution is -2.29. The number of carboxylic acids is 1. The van der Waals surface area contributed by atoms with Crippen LogP contribution >= 0.6 is 11.8 Å². The third-order valence-electron chi connectivity index (χ3n) is 2.73. The number of carboxylic acid groups (broad SMARTS) is 1. The zero-order chi connectivity index (χ0) is 14.8. The third kappa shape index (κ3) is 7.09. The van der Waals surface area contributed by atoms with Gasteiger partial charge < -0.3 is 20.3 Å². The van der Waals surface area contributed by atoms with E-state index < -0.39 is 12.0 Å². The normalized spacial score (nSPS) is 18.8. The third-order valence-corrected chi connectivity index (χ3v) is 3.80. The topological polar surface area (TPSA) is 81.8 Å². The maximum absolute atomic E-state index is 10.6. The summed E-state index contributed by atoms with van der Waals surface area (Å²) in [5, 5.41) is 8.69. The Balaban J connectivity index is 2.30. The van der Waals surface area contributed by atoms with Gasteiger partial charge in [-0.1, -0.05) is 25.2 Å². The maximum Gasteiger partial charge on any atom is 0.320 e. The van der Waals surface area contributed by atoms with Crippen molar-refractivity contribution in [3.63, 3.8) is 0 Å². The fourth-order valence-electron chi connectivity index (χ4n) is 1.64. The highest BCUT2D eigenvalue weighted by Gasteiger charge is 2.15. The van der Waals surface area contributed by atoms with Crippen molar-refractivity contribution in [2.24, 2.45) is 5.73 Å². The second-order valence-corrected chi connectivity index (χ2v) is 5.51. The smallest absolute Gasteiger partial charge is 0.320 e. The van der Waals surface area contributed by atoms with Gasteiger partial charge in [-0.2, -0.15) is 0 Å². The van der Waals surface area contributed by atoms with Gasteiger partial charge in [0, 0.05) is 10.7 Å². The highest BCUT2D eigenvalue weighted by molar-refractivity contribution is 8.03. The van der Waals surface area contributed by atoms with Gasteiger partial charge in [-0.05, 0) is 19.3 Å². The van der Waals surface area contributed by atoms with Crippen molar-refractivity contribution < 1.29 is 19.4 Å². The van der Waals surface area contributed by atoms with Crippen LogP contribution in [0.25, 0.3) is 0 Å². The summed E-state index contributed by atoms with van der Waals surface area (Å²) in [6.45, 7) is 3.42. The molecule has 1 rings (SSSR count). The van der Waals surface area contributed by atoms with Crippen LogP contribution in [0.3, 0.4) is 0 Å². The van der Waals surface area contributed by atoms with E-state index >= 15 is 0 Å². The molecule has 1 aliphatic heterocycles. The maximum atomic E-state index is 10.6. The number of hydrogen-bond acceptors (Lipinski definition) is 5. The van der Waals surface area contributed by atoms with E-state index in [1.807, 2.05) is 12.2 Å². The van der Waals surface area contributed by atoms with Crippen LogP contribution in [0, 0.1) is 0 Å². The second kappa shape index (κ2) is 9.99. The molecule has 3 N–H and O–H groups in total. The molecule has 0 spiro atoms. The summed E-state index contributed by atoms with van der Waals surface area (Å²) in [4.78, 5) is 11.7. The van der Waals surface area contributed by atoms with Gasteiger partial charge in [-0.25, -0.2) is 0 Å². The molecule has 5 nitrogen and oxygen atoms in total. The Labute approximate surface area is 124 Å². The van der Waals surface area contributed by atoms with Gasteiger partial charge >= 0.3 is 5.97 Å². The Morgan fingerprint density at radius 2 is 2.20 bits per heavy atom. The van der Waals surface area contributed by atoms with Crippen molar-refractivity contribution in [2.75, 3.05) is 19.0 Å². The molecule has 0 aliphatic carbocycles. The molecular weight excluding hydrogens is 278 g/mol. The molecular formula is C14H23NO4S. The SMILES string of the molecule is CC/C=C(\C=C/CCC(N)C(=O)O)SCC1OCCO1. The molecule has 1 fully saturated rings. The summed E-state index contributed by atoms with van der Waals surface area (Å²) in [5.74, 6) is -0.183. The van der Waals surface area contributed by atoms with Crippen molar-refractivity contribution >= 4 is 17.7 Å². The molecule has 0 bridgehead atoms. The first kappa shape index (κ1) is 17.2. The molecule has 0 amide bonds. The lowest BCUT2D eigenvalue weighted by Gasteiger charge is -2.09. The van der Waals surface area contributed by atoms with Crippen molar-refractivity contribution in [2.45, 2.75) is 38.5 Å². The van der Waals surface area contributed by atoms with Crippen molar-refractivity contribution in [1.82, 2.24) is 0 Å². The van der Waals surface area contributed by atoms with Gasteiger partial charge in [0.1, 0.15) is 6.04 Å². The van der Waals surface area contributed by atoms with Gasteiger partial charge in [0.2, 0.25) is 0 Å². The van der Waals surface area contributed by atoms with Gasteiger partial charge in [-0.3, -0.25) is 4.79 Å². The number of hydrogen-bond donors (Lipinski definition) is 2. The van der Waals surface area contributed by atoms with Crippen molar-refractivity contribution in [3.05, 3.63) is 23.1 Å². The van der Waals surface area contributed by atoms with Crippen LogP contribution < -0.4 is 5.73 Å². The number of carbonyl (C=O) groups is 1. The van der Waals surface area contributed by atoms with E-state index in [2.05, 4.69) is 13.0 Å². The van der Waals surface area contributed by atoms with Crippen LogP contribution in [0.2, 0.25) is 0 Å². The fraction of sp³-hybridized carbons (Fsp3) is 0.643. The van der Waals surface area contributed by atoms with Crippen molar-refractivity contribution in [1.29, 1.82) is 0 Å². The molecule has 1 atom stereocenters. The summed E-state index contributed by atoms with van der Waals surface area (Å²) >= 11 is 1.69. The number of ether oxygens (including phenoxy) is 2. The summed E-state index contributed by atoms with van der Waals surface area (Å²) < 4.78 is 10.8. The largest absolute Gasteiger partial charge is 0.480 e. The fourth-order valence-corrected chi connectivity index (χ4v) is 2.64. The van der Waals surface area contributed by atoms with Gasteiger partial charge in [-0.15, -0.1) is 11.8 Å². The second-order valence-electron chi connectivity index (χ2n) is 4.42. The lowest BCUT2D eigenvalue weighted by atomic mass is 10.1. The molecule has 0 radical (unpaired) electrons. The number of thioether (sulfide) groups is 1. The zero-order valence-electron chi connectivity index (χ0n) is 11.8. The van der Waals surface area contributed by atoms with E-state index in [1.54, 1.807) is 11.8 Å². The molecule has 0 saturated carbocycles. The molecule has 1 aliphatic rings. The van der Waals surface area contributed by atoms with Crippen LogP contribution in [0.1, 0.15) is 26.2 Å². The average molecular weight is 301 g/mol. The molecule has 0 aromatic carbocycles. The Morgan fingerprint density at radius 3 is 2.80 bits per heavy atom. The van der Waals surface area contributed by atoms with Crippen LogP contribution in [0.5, 0.6) is 0 Å². The van der Waals surface area contributed by atoms with Crippen LogP contribution in [0.4, 0.5) is 0 Å². The number of rotatable bonds is 9. The first-order valence-corrected chi connectivity index (χ1v) is 7.83. The average Bonchev–Trinajstić information content (AvgIpc) is 2.93.